The summed E-state index contributed by atoms with van der Waals surface area (Å²) in [5.41, 5.74) is 2.62. The van der Waals surface area contributed by atoms with Gasteiger partial charge in [-0.25, -0.2) is 0 Å². The molecule has 1 N–H and O–H groups in total. The lowest BCUT2D eigenvalue weighted by Crippen LogP contribution is -2.23. The van der Waals surface area contributed by atoms with Crippen LogP contribution in [0.2, 0.25) is 0 Å². The molecule has 0 radical (unpaired) electrons. The van der Waals surface area contributed by atoms with E-state index in [-0.39, 0.29) is 0 Å². The molecule has 0 aliphatic rings. The van der Waals surface area contributed by atoms with Gasteiger partial charge in [-0.15, -0.1) is 0 Å². The fourth-order valence-corrected chi connectivity index (χ4v) is 3.78. The number of nitrogens with one attached hydrogen (secondary N) is 1. The molecule has 0 saturated heterocycles. The molecule has 0 saturated carbocycles. The second kappa shape index (κ2) is 7.74. The minimum Gasteiger partial charge on any atom is -0.310 e. The van der Waals surface area contributed by atoms with Crippen molar-refractivity contribution in [2.45, 2.75) is 19.4 Å². The molecule has 0 spiro atoms. The second-order valence-corrected chi connectivity index (χ2v) is 7.39. The third-order valence-corrected chi connectivity index (χ3v) is 4.54. The van der Waals surface area contributed by atoms with Crippen molar-refractivity contribution in [3.05, 3.63) is 67.0 Å². The van der Waals surface area contributed by atoms with E-state index in [1.54, 1.807) is 0 Å². The largest absolute Gasteiger partial charge is 0.310 e. The Morgan fingerprint density at radius 2 is 1.50 bits per heavy atom. The third kappa shape index (κ3) is 4.69. The fourth-order valence-electron chi connectivity index (χ4n) is 2.19. The molecule has 1 nitrogen and oxygen atoms in total. The van der Waals surface area contributed by atoms with Gasteiger partial charge >= 0.3 is 0 Å². The highest BCUT2D eigenvalue weighted by molar-refractivity contribution is 9.11. The molecule has 2 aromatic rings. The zero-order chi connectivity index (χ0) is 14.5. The summed E-state index contributed by atoms with van der Waals surface area (Å²) in [5.74, 6) is 0. The molecule has 0 aliphatic carbocycles. The number of halogens is 3. The van der Waals surface area contributed by atoms with Crippen LogP contribution in [0.4, 0.5) is 0 Å². The van der Waals surface area contributed by atoms with Gasteiger partial charge in [-0.3, -0.25) is 0 Å². The number of likely N-dealkylation sites (N-methyl/N-ethyl adjacent to an activating group) is 1. The predicted octanol–water partition coefficient (Wildman–Crippen LogP) is 5.87. The number of benzene rings is 2. The van der Waals surface area contributed by atoms with Crippen LogP contribution in [0.3, 0.4) is 0 Å². The van der Waals surface area contributed by atoms with Gasteiger partial charge in [0, 0.05) is 19.5 Å². The Morgan fingerprint density at radius 1 is 0.900 bits per heavy atom. The molecule has 1 atom stereocenters. The Kier molecular flexibility index (Phi) is 6.27. The van der Waals surface area contributed by atoms with Gasteiger partial charge in [-0.2, -0.15) is 0 Å². The van der Waals surface area contributed by atoms with Crippen molar-refractivity contribution in [3.8, 4) is 0 Å². The first-order chi connectivity index (χ1) is 9.58. The first-order valence-electron chi connectivity index (χ1n) is 6.52. The predicted molar refractivity (Wildman–Crippen MR) is 96.1 cm³/mol. The summed E-state index contributed by atoms with van der Waals surface area (Å²) in [6.45, 7) is 3.09. The van der Waals surface area contributed by atoms with Crippen LogP contribution in [-0.2, 0) is 6.42 Å². The molecule has 0 amide bonds. The lowest BCUT2D eigenvalue weighted by Gasteiger charge is -2.19. The maximum Gasteiger partial charge on any atom is 0.0361 e. The van der Waals surface area contributed by atoms with Crippen molar-refractivity contribution in [1.29, 1.82) is 0 Å². The van der Waals surface area contributed by atoms with E-state index in [9.17, 15) is 0 Å². The molecular formula is C16H16Br3N. The highest BCUT2D eigenvalue weighted by atomic mass is 79.9. The molecule has 20 heavy (non-hydrogen) atoms. The van der Waals surface area contributed by atoms with Gasteiger partial charge in [-0.05, 0) is 54.4 Å². The molecule has 2 rings (SSSR count). The van der Waals surface area contributed by atoms with Gasteiger partial charge in [0.2, 0.25) is 0 Å². The summed E-state index contributed by atoms with van der Waals surface area (Å²) in [5, 5.41) is 3.56. The van der Waals surface area contributed by atoms with Crippen LogP contribution in [0.25, 0.3) is 0 Å². The van der Waals surface area contributed by atoms with Crippen LogP contribution in [0.15, 0.2) is 55.9 Å². The zero-order valence-corrected chi connectivity index (χ0v) is 15.9. The average molecular weight is 462 g/mol. The van der Waals surface area contributed by atoms with Gasteiger partial charge in [0.15, 0.2) is 0 Å². The summed E-state index contributed by atoms with van der Waals surface area (Å²) >= 11 is 10.6. The van der Waals surface area contributed by atoms with Crippen LogP contribution >= 0.6 is 47.8 Å². The van der Waals surface area contributed by atoms with Crippen LogP contribution < -0.4 is 5.32 Å². The van der Waals surface area contributed by atoms with Crippen molar-refractivity contribution in [1.82, 2.24) is 5.32 Å². The van der Waals surface area contributed by atoms with E-state index in [1.807, 2.05) is 0 Å². The van der Waals surface area contributed by atoms with Crippen molar-refractivity contribution < 1.29 is 0 Å². The quantitative estimate of drug-likeness (QED) is 0.587. The molecule has 0 heterocycles. The lowest BCUT2D eigenvalue weighted by atomic mass is 9.99. The Morgan fingerprint density at radius 3 is 2.05 bits per heavy atom. The molecular weight excluding hydrogens is 446 g/mol. The molecule has 0 aromatic heterocycles. The molecule has 2 aromatic carbocycles. The van der Waals surface area contributed by atoms with Crippen molar-refractivity contribution in [3.63, 3.8) is 0 Å². The summed E-state index contributed by atoms with van der Waals surface area (Å²) in [6.07, 6.45) is 0.976. The number of rotatable bonds is 5. The smallest absolute Gasteiger partial charge is 0.0361 e. The normalized spacial score (nSPS) is 12.4. The lowest BCUT2D eigenvalue weighted by molar-refractivity contribution is 0.549. The molecule has 1 unspecified atom stereocenters. The van der Waals surface area contributed by atoms with E-state index in [0.29, 0.717) is 6.04 Å². The topological polar surface area (TPSA) is 12.0 Å². The van der Waals surface area contributed by atoms with Gasteiger partial charge in [-0.1, -0.05) is 66.8 Å². The minimum atomic E-state index is 0.315. The monoisotopic (exact) mass is 459 g/mol. The summed E-state index contributed by atoms with van der Waals surface area (Å²) < 4.78 is 3.31. The summed E-state index contributed by atoms with van der Waals surface area (Å²) in [7, 11) is 0. The Bertz CT molecular complexity index is 546. The maximum absolute atomic E-state index is 3.56. The summed E-state index contributed by atoms with van der Waals surface area (Å²) in [4.78, 5) is 0. The highest BCUT2D eigenvalue weighted by Gasteiger charge is 2.12. The Labute approximate surface area is 145 Å². The summed E-state index contributed by atoms with van der Waals surface area (Å²) in [6, 6.07) is 15.3. The van der Waals surface area contributed by atoms with Crippen molar-refractivity contribution in [2.24, 2.45) is 0 Å². The number of hydrogen-bond donors (Lipinski definition) is 1. The Balaban J connectivity index is 2.23. The molecule has 0 bridgehead atoms. The SMILES string of the molecule is CCNC(Cc1ccc(Br)cc1)c1cc(Br)cc(Br)c1. The van der Waals surface area contributed by atoms with Gasteiger partial charge in [0.05, 0.1) is 0 Å². The molecule has 4 heteroatoms. The van der Waals surface area contributed by atoms with Crippen molar-refractivity contribution >= 4 is 47.8 Å². The van der Waals surface area contributed by atoms with E-state index in [2.05, 4.69) is 102 Å². The van der Waals surface area contributed by atoms with E-state index in [4.69, 9.17) is 0 Å². The van der Waals surface area contributed by atoms with Crippen molar-refractivity contribution in [2.75, 3.05) is 6.54 Å². The van der Waals surface area contributed by atoms with E-state index in [0.717, 1.165) is 26.4 Å². The second-order valence-electron chi connectivity index (χ2n) is 4.64. The first kappa shape index (κ1) is 16.2. The molecule has 0 fully saturated rings. The van der Waals surface area contributed by atoms with Gasteiger partial charge in [0.1, 0.15) is 0 Å². The minimum absolute atomic E-state index is 0.315. The van der Waals surface area contributed by atoms with Crippen LogP contribution in [-0.4, -0.2) is 6.54 Å². The molecule has 0 aliphatic heterocycles. The van der Waals surface area contributed by atoms with Crippen LogP contribution in [0.1, 0.15) is 24.1 Å². The fraction of sp³-hybridized carbons (Fsp3) is 0.250. The molecule has 106 valence electrons. The van der Waals surface area contributed by atoms with Crippen LogP contribution in [0, 0.1) is 0 Å². The van der Waals surface area contributed by atoms with E-state index >= 15 is 0 Å². The van der Waals surface area contributed by atoms with Crippen LogP contribution in [0.5, 0.6) is 0 Å². The average Bonchev–Trinajstić information content (AvgIpc) is 2.39. The van der Waals surface area contributed by atoms with E-state index in [1.165, 1.54) is 11.1 Å². The van der Waals surface area contributed by atoms with Gasteiger partial charge in [0.25, 0.3) is 0 Å². The zero-order valence-electron chi connectivity index (χ0n) is 11.2. The maximum atomic E-state index is 3.56. The highest BCUT2D eigenvalue weighted by Crippen LogP contribution is 2.26. The number of hydrogen-bond acceptors (Lipinski definition) is 1. The first-order valence-corrected chi connectivity index (χ1v) is 8.90. The standard InChI is InChI=1S/C16H16Br3N/c1-2-20-16(7-11-3-5-13(17)6-4-11)12-8-14(18)10-15(19)9-12/h3-6,8-10,16,20H,2,7H2,1H3. The third-order valence-electron chi connectivity index (χ3n) is 3.09. The van der Waals surface area contributed by atoms with E-state index < -0.39 is 0 Å². The Hall–Kier alpha value is -0.160. The van der Waals surface area contributed by atoms with Gasteiger partial charge < -0.3 is 5.32 Å².